The van der Waals surface area contributed by atoms with E-state index >= 15 is 0 Å². The zero-order valence-electron chi connectivity index (χ0n) is 10.8. The highest BCUT2D eigenvalue weighted by Crippen LogP contribution is 2.16. The van der Waals surface area contributed by atoms with Crippen molar-refractivity contribution in [3.63, 3.8) is 0 Å². The molecule has 100 valence electrons. The van der Waals surface area contributed by atoms with Crippen LogP contribution >= 0.6 is 15.9 Å². The molecule has 4 heteroatoms. The van der Waals surface area contributed by atoms with Gasteiger partial charge >= 0.3 is 0 Å². The van der Waals surface area contributed by atoms with Gasteiger partial charge in [-0.05, 0) is 43.9 Å². The predicted molar refractivity (Wildman–Crippen MR) is 75.3 cm³/mol. The number of carbonyl (C=O) groups is 1. The lowest BCUT2D eigenvalue weighted by Gasteiger charge is -2.15. The molecule has 1 N–H and O–H groups in total. The molecule has 1 rings (SSSR count). The molecule has 2 nitrogen and oxygen atoms in total. The highest BCUT2D eigenvalue weighted by Gasteiger charge is 2.10. The van der Waals surface area contributed by atoms with E-state index in [-0.39, 0.29) is 17.8 Å². The lowest BCUT2D eigenvalue weighted by atomic mass is 10.1. The van der Waals surface area contributed by atoms with Crippen LogP contribution in [0.4, 0.5) is 4.39 Å². The van der Waals surface area contributed by atoms with Crippen LogP contribution in [-0.2, 0) is 4.79 Å². The third kappa shape index (κ3) is 4.77. The molecule has 0 aromatic heterocycles. The van der Waals surface area contributed by atoms with Crippen LogP contribution in [-0.4, -0.2) is 11.2 Å². The second kappa shape index (κ2) is 7.52. The average Bonchev–Trinajstić information content (AvgIpc) is 2.33. The van der Waals surface area contributed by atoms with Crippen LogP contribution < -0.4 is 5.32 Å². The van der Waals surface area contributed by atoms with Gasteiger partial charge in [0.25, 0.3) is 0 Å². The Labute approximate surface area is 116 Å². The lowest BCUT2D eigenvalue weighted by molar-refractivity contribution is -0.121. The van der Waals surface area contributed by atoms with Crippen molar-refractivity contribution in [3.05, 3.63) is 35.1 Å². The minimum Gasteiger partial charge on any atom is -0.350 e. The number of benzene rings is 1. The summed E-state index contributed by atoms with van der Waals surface area (Å²) in [5.41, 5.74) is 1.42. The maximum atomic E-state index is 13.4. The number of unbranched alkanes of at least 4 members (excludes halogenated alkanes) is 1. The fraction of sp³-hybridized carbons (Fsp3) is 0.500. The number of amides is 1. The Balaban J connectivity index is 2.51. The largest absolute Gasteiger partial charge is 0.350 e. The molecule has 1 unspecified atom stereocenters. The molecule has 1 amide bonds. The molecule has 0 heterocycles. The molecule has 0 saturated heterocycles. The van der Waals surface area contributed by atoms with E-state index in [1.807, 2.05) is 13.0 Å². The third-order valence-electron chi connectivity index (χ3n) is 2.86. The van der Waals surface area contributed by atoms with Crippen LogP contribution in [0.15, 0.2) is 18.2 Å². The van der Waals surface area contributed by atoms with Crippen molar-refractivity contribution in [2.24, 2.45) is 0 Å². The molecule has 0 bridgehead atoms. The van der Waals surface area contributed by atoms with Gasteiger partial charge in [-0.3, -0.25) is 4.79 Å². The second-order valence-corrected chi connectivity index (χ2v) is 5.24. The first kappa shape index (κ1) is 15.2. The normalized spacial score (nSPS) is 12.2. The number of alkyl halides is 1. The number of halogens is 2. The van der Waals surface area contributed by atoms with Crippen molar-refractivity contribution < 1.29 is 9.18 Å². The van der Waals surface area contributed by atoms with Gasteiger partial charge in [-0.2, -0.15) is 0 Å². The van der Waals surface area contributed by atoms with Crippen LogP contribution in [0.2, 0.25) is 0 Å². The summed E-state index contributed by atoms with van der Waals surface area (Å²) in [4.78, 5) is 11.6. The van der Waals surface area contributed by atoms with E-state index in [2.05, 4.69) is 21.2 Å². The number of aryl methyl sites for hydroxylation is 1. The molecule has 0 fully saturated rings. The molecule has 0 aliphatic heterocycles. The lowest BCUT2D eigenvalue weighted by Crippen LogP contribution is -2.26. The summed E-state index contributed by atoms with van der Waals surface area (Å²) in [5.74, 6) is -0.211. The molecule has 0 saturated carbocycles. The summed E-state index contributed by atoms with van der Waals surface area (Å²) < 4.78 is 13.4. The van der Waals surface area contributed by atoms with E-state index in [4.69, 9.17) is 0 Å². The number of rotatable bonds is 6. The van der Waals surface area contributed by atoms with Crippen LogP contribution in [0.3, 0.4) is 0 Å². The Bertz CT molecular complexity index is 409. The number of carbonyl (C=O) groups excluding carboxylic acids is 1. The zero-order chi connectivity index (χ0) is 13.5. The fourth-order valence-corrected chi connectivity index (χ4v) is 2.05. The maximum Gasteiger partial charge on any atom is 0.220 e. The van der Waals surface area contributed by atoms with Crippen molar-refractivity contribution in [3.8, 4) is 0 Å². The Morgan fingerprint density at radius 3 is 2.78 bits per heavy atom. The molecule has 18 heavy (non-hydrogen) atoms. The van der Waals surface area contributed by atoms with Gasteiger partial charge in [-0.25, -0.2) is 4.39 Å². The van der Waals surface area contributed by atoms with E-state index in [0.717, 1.165) is 23.7 Å². The van der Waals surface area contributed by atoms with E-state index in [1.54, 1.807) is 13.0 Å². The molecular weight excluding hydrogens is 297 g/mol. The van der Waals surface area contributed by atoms with Crippen molar-refractivity contribution in [2.75, 3.05) is 5.33 Å². The molecule has 0 aliphatic carbocycles. The SMILES string of the molecule is Cc1ccc(C(C)NC(=O)CCCCBr)cc1F. The van der Waals surface area contributed by atoms with Crippen LogP contribution in [0.5, 0.6) is 0 Å². The van der Waals surface area contributed by atoms with Gasteiger partial charge in [0.15, 0.2) is 0 Å². The minimum absolute atomic E-state index is 0.0180. The Kier molecular flexibility index (Phi) is 6.33. The van der Waals surface area contributed by atoms with Gasteiger partial charge in [-0.15, -0.1) is 0 Å². The third-order valence-corrected chi connectivity index (χ3v) is 3.42. The van der Waals surface area contributed by atoms with E-state index in [0.29, 0.717) is 12.0 Å². The van der Waals surface area contributed by atoms with Crippen LogP contribution in [0.25, 0.3) is 0 Å². The van der Waals surface area contributed by atoms with Gasteiger partial charge in [0.1, 0.15) is 5.82 Å². The molecule has 0 aliphatic rings. The molecule has 1 aromatic rings. The summed E-state index contributed by atoms with van der Waals surface area (Å²) in [6.07, 6.45) is 2.37. The standard InChI is InChI=1S/C14H19BrFNO/c1-10-6-7-12(9-13(10)16)11(2)17-14(18)5-3-4-8-15/h6-7,9,11H,3-5,8H2,1-2H3,(H,17,18). The summed E-state index contributed by atoms with van der Waals surface area (Å²) in [5, 5.41) is 3.80. The smallest absolute Gasteiger partial charge is 0.220 e. The summed E-state index contributed by atoms with van der Waals surface area (Å²) in [6, 6.07) is 4.91. The van der Waals surface area contributed by atoms with Crippen LogP contribution in [0, 0.1) is 12.7 Å². The molecule has 1 atom stereocenters. The molecule has 0 spiro atoms. The number of hydrogen-bond donors (Lipinski definition) is 1. The molecule has 0 radical (unpaired) electrons. The summed E-state index contributed by atoms with van der Waals surface area (Å²) in [6.45, 7) is 3.59. The van der Waals surface area contributed by atoms with E-state index < -0.39 is 0 Å². The fourth-order valence-electron chi connectivity index (χ4n) is 1.66. The van der Waals surface area contributed by atoms with E-state index in [9.17, 15) is 9.18 Å². The Morgan fingerprint density at radius 2 is 2.17 bits per heavy atom. The monoisotopic (exact) mass is 315 g/mol. The highest BCUT2D eigenvalue weighted by atomic mass is 79.9. The highest BCUT2D eigenvalue weighted by molar-refractivity contribution is 9.09. The van der Waals surface area contributed by atoms with Gasteiger partial charge in [-0.1, -0.05) is 28.1 Å². The van der Waals surface area contributed by atoms with Crippen molar-refractivity contribution in [1.29, 1.82) is 0 Å². The maximum absolute atomic E-state index is 13.4. The first-order chi connectivity index (χ1) is 8.54. The second-order valence-electron chi connectivity index (χ2n) is 4.44. The van der Waals surface area contributed by atoms with Gasteiger partial charge in [0, 0.05) is 11.8 Å². The number of hydrogen-bond acceptors (Lipinski definition) is 1. The van der Waals surface area contributed by atoms with Crippen molar-refractivity contribution in [1.82, 2.24) is 5.32 Å². The average molecular weight is 316 g/mol. The van der Waals surface area contributed by atoms with Crippen LogP contribution in [0.1, 0.15) is 43.4 Å². The van der Waals surface area contributed by atoms with Gasteiger partial charge < -0.3 is 5.32 Å². The summed E-state index contributed by atoms with van der Waals surface area (Å²) >= 11 is 3.33. The van der Waals surface area contributed by atoms with E-state index in [1.165, 1.54) is 6.07 Å². The Hall–Kier alpha value is -0.900. The molecule has 1 aromatic carbocycles. The predicted octanol–water partition coefficient (Wildman–Crippen LogP) is 3.88. The van der Waals surface area contributed by atoms with Crippen molar-refractivity contribution in [2.45, 2.75) is 39.2 Å². The molecular formula is C14H19BrFNO. The topological polar surface area (TPSA) is 29.1 Å². The first-order valence-electron chi connectivity index (χ1n) is 6.16. The first-order valence-corrected chi connectivity index (χ1v) is 7.28. The quantitative estimate of drug-likeness (QED) is 0.626. The summed E-state index contributed by atoms with van der Waals surface area (Å²) in [7, 11) is 0. The van der Waals surface area contributed by atoms with Crippen molar-refractivity contribution >= 4 is 21.8 Å². The Morgan fingerprint density at radius 1 is 1.44 bits per heavy atom. The zero-order valence-corrected chi connectivity index (χ0v) is 12.4. The van der Waals surface area contributed by atoms with Gasteiger partial charge in [0.2, 0.25) is 5.91 Å². The van der Waals surface area contributed by atoms with Gasteiger partial charge in [0.05, 0.1) is 6.04 Å². The number of nitrogens with one attached hydrogen (secondary N) is 1. The minimum atomic E-state index is -0.229.